The average molecular weight is 354 g/mol. The van der Waals surface area contributed by atoms with Crippen LogP contribution < -0.4 is 0 Å². The maximum atomic E-state index is 12.2. The van der Waals surface area contributed by atoms with Crippen molar-refractivity contribution in [3.8, 4) is 0 Å². The minimum absolute atomic E-state index is 0.0422. The van der Waals surface area contributed by atoms with Crippen LogP contribution in [0, 0.1) is 12.3 Å². The summed E-state index contributed by atoms with van der Waals surface area (Å²) in [4.78, 5) is 25.1. The number of likely N-dealkylation sites (tertiary alicyclic amines) is 1. The molecule has 0 aromatic heterocycles. The summed E-state index contributed by atoms with van der Waals surface area (Å²) in [5.74, 6) is -0.776. The van der Waals surface area contributed by atoms with Gasteiger partial charge in [-0.3, -0.25) is 9.59 Å². The maximum absolute atomic E-state index is 12.2. The van der Waals surface area contributed by atoms with Crippen molar-refractivity contribution in [3.63, 3.8) is 0 Å². The molecule has 1 atom stereocenters. The SMILES string of the molecule is Cc1cc(CCC(=O)N2CC[C@@](C)(C(=O)O)C2)ccc1Br. The summed E-state index contributed by atoms with van der Waals surface area (Å²) in [5, 5.41) is 9.19. The van der Waals surface area contributed by atoms with E-state index < -0.39 is 11.4 Å². The van der Waals surface area contributed by atoms with E-state index in [0.717, 1.165) is 15.6 Å². The van der Waals surface area contributed by atoms with Crippen molar-refractivity contribution in [2.24, 2.45) is 5.41 Å². The van der Waals surface area contributed by atoms with Gasteiger partial charge < -0.3 is 10.0 Å². The van der Waals surface area contributed by atoms with Gasteiger partial charge >= 0.3 is 5.97 Å². The molecule has 0 saturated carbocycles. The average Bonchev–Trinajstić information content (AvgIpc) is 2.84. The van der Waals surface area contributed by atoms with Crippen LogP contribution in [-0.4, -0.2) is 35.0 Å². The molecule has 1 saturated heterocycles. The van der Waals surface area contributed by atoms with E-state index in [-0.39, 0.29) is 5.91 Å². The Labute approximate surface area is 133 Å². The highest BCUT2D eigenvalue weighted by molar-refractivity contribution is 9.10. The van der Waals surface area contributed by atoms with Crippen LogP contribution >= 0.6 is 15.9 Å². The minimum Gasteiger partial charge on any atom is -0.481 e. The second-order valence-electron chi connectivity index (χ2n) is 6.01. The first-order valence-corrected chi connectivity index (χ1v) is 7.87. The number of carbonyl (C=O) groups excluding carboxylic acids is 1. The van der Waals surface area contributed by atoms with Gasteiger partial charge in [0.25, 0.3) is 0 Å². The minimum atomic E-state index is -0.818. The van der Waals surface area contributed by atoms with Crippen molar-refractivity contribution in [2.45, 2.75) is 33.1 Å². The highest BCUT2D eigenvalue weighted by atomic mass is 79.9. The summed E-state index contributed by atoms with van der Waals surface area (Å²) < 4.78 is 1.06. The van der Waals surface area contributed by atoms with Crippen LogP contribution in [0.4, 0.5) is 0 Å². The van der Waals surface area contributed by atoms with E-state index in [0.29, 0.717) is 32.4 Å². The van der Waals surface area contributed by atoms with E-state index in [1.165, 1.54) is 0 Å². The van der Waals surface area contributed by atoms with Crippen LogP contribution in [0.1, 0.15) is 30.9 Å². The molecule has 0 unspecified atom stereocenters. The van der Waals surface area contributed by atoms with E-state index in [2.05, 4.69) is 22.0 Å². The lowest BCUT2D eigenvalue weighted by atomic mass is 9.90. The number of amides is 1. The first-order chi connectivity index (χ1) is 9.82. The zero-order valence-corrected chi connectivity index (χ0v) is 13.9. The highest BCUT2D eigenvalue weighted by Crippen LogP contribution is 2.30. The Kier molecular flexibility index (Phi) is 4.71. The molecule has 0 aliphatic carbocycles. The lowest BCUT2D eigenvalue weighted by Crippen LogP contribution is -2.34. The predicted octanol–water partition coefficient (Wildman–Crippen LogP) is 3.01. The molecule has 0 radical (unpaired) electrons. The quantitative estimate of drug-likeness (QED) is 0.904. The van der Waals surface area contributed by atoms with Crippen molar-refractivity contribution in [1.82, 2.24) is 4.90 Å². The van der Waals surface area contributed by atoms with Crippen LogP contribution in [0.2, 0.25) is 0 Å². The van der Waals surface area contributed by atoms with E-state index in [1.807, 2.05) is 19.1 Å². The largest absolute Gasteiger partial charge is 0.481 e. The van der Waals surface area contributed by atoms with Gasteiger partial charge in [0, 0.05) is 24.0 Å². The molecular formula is C16H20BrNO3. The van der Waals surface area contributed by atoms with Gasteiger partial charge in [-0.25, -0.2) is 0 Å². The van der Waals surface area contributed by atoms with Crippen molar-refractivity contribution < 1.29 is 14.7 Å². The molecule has 1 aromatic carbocycles. The molecule has 1 aliphatic heterocycles. The molecule has 1 N–H and O–H groups in total. The van der Waals surface area contributed by atoms with Gasteiger partial charge in [-0.15, -0.1) is 0 Å². The number of aryl methyl sites for hydroxylation is 2. The fourth-order valence-electron chi connectivity index (χ4n) is 2.62. The first-order valence-electron chi connectivity index (χ1n) is 7.08. The van der Waals surface area contributed by atoms with Crippen LogP contribution in [0.5, 0.6) is 0 Å². The van der Waals surface area contributed by atoms with Gasteiger partial charge in [-0.05, 0) is 43.9 Å². The number of carboxylic acids is 1. The fraction of sp³-hybridized carbons (Fsp3) is 0.500. The Morgan fingerprint density at radius 3 is 2.71 bits per heavy atom. The van der Waals surface area contributed by atoms with Crippen molar-refractivity contribution in [3.05, 3.63) is 33.8 Å². The third-order valence-electron chi connectivity index (χ3n) is 4.19. The smallest absolute Gasteiger partial charge is 0.311 e. The zero-order chi connectivity index (χ0) is 15.6. The number of benzene rings is 1. The lowest BCUT2D eigenvalue weighted by molar-refractivity contribution is -0.147. The number of carboxylic acid groups (broad SMARTS) is 1. The number of rotatable bonds is 4. The van der Waals surface area contributed by atoms with E-state index in [4.69, 9.17) is 0 Å². The highest BCUT2D eigenvalue weighted by Gasteiger charge is 2.41. The maximum Gasteiger partial charge on any atom is 0.311 e. The number of hydrogen-bond acceptors (Lipinski definition) is 2. The van der Waals surface area contributed by atoms with Gasteiger partial charge in [-0.2, -0.15) is 0 Å². The molecule has 1 aromatic rings. The molecule has 0 bridgehead atoms. The summed E-state index contributed by atoms with van der Waals surface area (Å²) in [7, 11) is 0. The molecule has 1 heterocycles. The summed E-state index contributed by atoms with van der Waals surface area (Å²) in [6, 6.07) is 6.07. The summed E-state index contributed by atoms with van der Waals surface area (Å²) >= 11 is 3.46. The topological polar surface area (TPSA) is 57.6 Å². The fourth-order valence-corrected chi connectivity index (χ4v) is 2.87. The lowest BCUT2D eigenvalue weighted by Gasteiger charge is -2.20. The van der Waals surface area contributed by atoms with Gasteiger partial charge in [0.1, 0.15) is 0 Å². The normalized spacial score (nSPS) is 21.6. The summed E-state index contributed by atoms with van der Waals surface area (Å²) in [6.07, 6.45) is 1.65. The molecule has 21 heavy (non-hydrogen) atoms. The zero-order valence-electron chi connectivity index (χ0n) is 12.4. The van der Waals surface area contributed by atoms with Crippen LogP contribution in [0.15, 0.2) is 22.7 Å². The molecule has 0 spiro atoms. The van der Waals surface area contributed by atoms with E-state index in [1.54, 1.807) is 11.8 Å². The standard InChI is InChI=1S/C16H20BrNO3/c1-11-9-12(3-5-13(11)17)4-6-14(19)18-8-7-16(2,10-18)15(20)21/h3,5,9H,4,6-8,10H2,1-2H3,(H,20,21)/t16-/m1/s1. The predicted molar refractivity (Wildman–Crippen MR) is 84.1 cm³/mol. The Balaban J connectivity index is 1.91. The Bertz CT molecular complexity index is 573. The molecule has 2 rings (SSSR count). The molecule has 1 aliphatic rings. The summed E-state index contributed by atoms with van der Waals surface area (Å²) in [5.41, 5.74) is 1.49. The monoisotopic (exact) mass is 353 g/mol. The van der Waals surface area contributed by atoms with Crippen molar-refractivity contribution in [2.75, 3.05) is 13.1 Å². The molecule has 114 valence electrons. The van der Waals surface area contributed by atoms with Crippen molar-refractivity contribution >= 4 is 27.8 Å². The second kappa shape index (κ2) is 6.18. The third-order valence-corrected chi connectivity index (χ3v) is 5.08. The van der Waals surface area contributed by atoms with Gasteiger partial charge in [0.15, 0.2) is 0 Å². The van der Waals surface area contributed by atoms with Crippen LogP contribution in [0.25, 0.3) is 0 Å². The number of halogens is 1. The van der Waals surface area contributed by atoms with Crippen LogP contribution in [-0.2, 0) is 16.0 Å². The Hall–Kier alpha value is -1.36. The van der Waals surface area contributed by atoms with Crippen molar-refractivity contribution in [1.29, 1.82) is 0 Å². The first kappa shape index (κ1) is 16.0. The van der Waals surface area contributed by atoms with Gasteiger partial charge in [-0.1, -0.05) is 28.1 Å². The van der Waals surface area contributed by atoms with Gasteiger partial charge in [0.05, 0.1) is 5.41 Å². The third kappa shape index (κ3) is 3.64. The molecular weight excluding hydrogens is 334 g/mol. The molecule has 4 nitrogen and oxygen atoms in total. The van der Waals surface area contributed by atoms with Crippen LogP contribution in [0.3, 0.4) is 0 Å². The molecule has 1 fully saturated rings. The molecule has 1 amide bonds. The summed E-state index contributed by atoms with van der Waals surface area (Å²) in [6.45, 7) is 4.59. The second-order valence-corrected chi connectivity index (χ2v) is 6.87. The van der Waals surface area contributed by atoms with E-state index >= 15 is 0 Å². The number of aliphatic carboxylic acids is 1. The number of hydrogen-bond donors (Lipinski definition) is 1. The van der Waals surface area contributed by atoms with Gasteiger partial charge in [0.2, 0.25) is 5.91 Å². The Morgan fingerprint density at radius 1 is 1.43 bits per heavy atom. The van der Waals surface area contributed by atoms with E-state index in [9.17, 15) is 14.7 Å². The Morgan fingerprint density at radius 2 is 2.14 bits per heavy atom. The number of carbonyl (C=O) groups is 2. The number of nitrogens with zero attached hydrogens (tertiary/aromatic N) is 1. The molecule has 5 heteroatoms.